The molecule has 10 nitrogen and oxygen atoms in total. The first-order valence-corrected chi connectivity index (χ1v) is 10.1. The highest BCUT2D eigenvalue weighted by molar-refractivity contribution is 5.93. The lowest BCUT2D eigenvalue weighted by Gasteiger charge is -2.36. The van der Waals surface area contributed by atoms with Gasteiger partial charge in [-0.05, 0) is 22.8 Å². The Hall–Kier alpha value is -3.66. The summed E-state index contributed by atoms with van der Waals surface area (Å²) in [6.07, 6.45) is 0.834. The van der Waals surface area contributed by atoms with E-state index in [2.05, 4.69) is 15.6 Å². The topological polar surface area (TPSA) is 153 Å². The Morgan fingerprint density at radius 3 is 2.47 bits per heavy atom. The molecule has 0 spiro atoms. The summed E-state index contributed by atoms with van der Waals surface area (Å²) >= 11 is 0. The SMILES string of the molecule is COc1cc(-c2ccc(CC(NC(=O)C3(NC(=O)O)CCOCC3)C(N)=O)cc2)ccn1. The van der Waals surface area contributed by atoms with Gasteiger partial charge < -0.3 is 30.9 Å². The molecule has 1 unspecified atom stereocenters. The van der Waals surface area contributed by atoms with Crippen LogP contribution in [0.1, 0.15) is 18.4 Å². The van der Waals surface area contributed by atoms with Gasteiger partial charge >= 0.3 is 6.09 Å². The normalized spacial score (nSPS) is 15.9. The molecule has 3 amide bonds. The second-order valence-corrected chi connectivity index (χ2v) is 7.54. The number of methoxy groups -OCH3 is 1. The molecular formula is C22H26N4O6. The van der Waals surface area contributed by atoms with Crippen LogP contribution in [0.5, 0.6) is 5.88 Å². The predicted octanol–water partition coefficient (Wildman–Crippen LogP) is 1.09. The van der Waals surface area contributed by atoms with Gasteiger partial charge in [-0.3, -0.25) is 9.59 Å². The van der Waals surface area contributed by atoms with E-state index >= 15 is 0 Å². The van der Waals surface area contributed by atoms with Gasteiger partial charge in [0.15, 0.2) is 0 Å². The lowest BCUT2D eigenvalue weighted by Crippen LogP contribution is -2.63. The van der Waals surface area contributed by atoms with Gasteiger partial charge in [0.1, 0.15) is 11.6 Å². The molecule has 3 rings (SSSR count). The molecule has 1 aliphatic rings. The molecule has 5 N–H and O–H groups in total. The number of hydrogen-bond acceptors (Lipinski definition) is 6. The fraction of sp³-hybridized carbons (Fsp3) is 0.364. The molecule has 2 aromatic rings. The van der Waals surface area contributed by atoms with E-state index in [4.69, 9.17) is 15.2 Å². The zero-order valence-corrected chi connectivity index (χ0v) is 17.7. The Balaban J connectivity index is 1.72. The van der Waals surface area contributed by atoms with Crippen molar-refractivity contribution in [3.63, 3.8) is 0 Å². The zero-order chi connectivity index (χ0) is 23.1. The minimum atomic E-state index is -1.36. The molecule has 10 heteroatoms. The minimum Gasteiger partial charge on any atom is -0.481 e. The summed E-state index contributed by atoms with van der Waals surface area (Å²) in [5.74, 6) is -0.800. The molecule has 1 atom stereocenters. The van der Waals surface area contributed by atoms with Crippen molar-refractivity contribution in [2.45, 2.75) is 30.8 Å². The van der Waals surface area contributed by atoms with E-state index in [0.29, 0.717) is 5.88 Å². The number of carboxylic acid groups (broad SMARTS) is 1. The number of aromatic nitrogens is 1. The second-order valence-electron chi connectivity index (χ2n) is 7.54. The number of nitrogens with one attached hydrogen (secondary N) is 2. The highest BCUT2D eigenvalue weighted by Gasteiger charge is 2.42. The summed E-state index contributed by atoms with van der Waals surface area (Å²) in [6.45, 7) is 0.465. The van der Waals surface area contributed by atoms with Crippen LogP contribution >= 0.6 is 0 Å². The maximum Gasteiger partial charge on any atom is 0.405 e. The number of benzene rings is 1. The summed E-state index contributed by atoms with van der Waals surface area (Å²) in [6, 6.07) is 10.1. The van der Waals surface area contributed by atoms with Crippen LogP contribution < -0.4 is 21.1 Å². The van der Waals surface area contributed by atoms with Crippen LogP contribution in [-0.2, 0) is 20.7 Å². The summed E-state index contributed by atoms with van der Waals surface area (Å²) in [4.78, 5) is 40.3. The number of hydrogen-bond donors (Lipinski definition) is 4. The van der Waals surface area contributed by atoms with Crippen LogP contribution in [0, 0.1) is 0 Å². The Morgan fingerprint density at radius 2 is 1.88 bits per heavy atom. The third-order valence-electron chi connectivity index (χ3n) is 5.45. The molecule has 2 heterocycles. The predicted molar refractivity (Wildman–Crippen MR) is 115 cm³/mol. The van der Waals surface area contributed by atoms with Crippen molar-refractivity contribution in [1.29, 1.82) is 0 Å². The molecule has 0 bridgehead atoms. The average Bonchev–Trinajstić information content (AvgIpc) is 2.79. The Bertz CT molecular complexity index is 973. The zero-order valence-electron chi connectivity index (χ0n) is 17.7. The molecule has 0 saturated carbocycles. The molecule has 170 valence electrons. The van der Waals surface area contributed by atoms with Gasteiger partial charge in [-0.2, -0.15) is 0 Å². The number of ether oxygens (including phenoxy) is 2. The Labute approximate surface area is 185 Å². The molecular weight excluding hydrogens is 416 g/mol. The minimum absolute atomic E-state index is 0.167. The third kappa shape index (κ3) is 5.52. The number of nitrogens with zero attached hydrogens (tertiary/aromatic N) is 1. The first-order chi connectivity index (χ1) is 15.3. The lowest BCUT2D eigenvalue weighted by atomic mass is 9.88. The molecule has 0 aliphatic carbocycles. The first kappa shape index (κ1) is 23.0. The maximum absolute atomic E-state index is 12.9. The van der Waals surface area contributed by atoms with Crippen LogP contribution in [0.25, 0.3) is 11.1 Å². The molecule has 1 fully saturated rings. The van der Waals surface area contributed by atoms with Crippen LogP contribution in [0.4, 0.5) is 4.79 Å². The quantitative estimate of drug-likeness (QED) is 0.477. The maximum atomic E-state index is 12.9. The molecule has 32 heavy (non-hydrogen) atoms. The van der Waals surface area contributed by atoms with Crippen molar-refractivity contribution >= 4 is 17.9 Å². The van der Waals surface area contributed by atoms with Crippen LogP contribution in [0.15, 0.2) is 42.6 Å². The standard InChI is InChI=1S/C22H26N4O6/c1-31-18-13-16(6-9-24-18)15-4-2-14(3-5-15)12-17(19(23)27)25-20(28)22(26-21(29)30)7-10-32-11-8-22/h2-6,9,13,17,26H,7-8,10-12H2,1H3,(H2,23,27)(H,25,28)(H,29,30). The van der Waals surface area contributed by atoms with Crippen LogP contribution in [0.3, 0.4) is 0 Å². The van der Waals surface area contributed by atoms with Crippen molar-refractivity contribution in [2.75, 3.05) is 20.3 Å². The summed E-state index contributed by atoms with van der Waals surface area (Å²) in [5.41, 5.74) is 6.80. The lowest BCUT2D eigenvalue weighted by molar-refractivity contribution is -0.134. The molecule has 1 saturated heterocycles. The number of primary amides is 1. The highest BCUT2D eigenvalue weighted by Crippen LogP contribution is 2.24. The van der Waals surface area contributed by atoms with Gasteiger partial charge in [0.05, 0.1) is 7.11 Å². The van der Waals surface area contributed by atoms with E-state index in [1.165, 1.54) is 0 Å². The second kappa shape index (κ2) is 10.1. The molecule has 1 aromatic heterocycles. The van der Waals surface area contributed by atoms with E-state index in [0.717, 1.165) is 16.7 Å². The first-order valence-electron chi connectivity index (χ1n) is 10.1. The number of pyridine rings is 1. The van der Waals surface area contributed by atoms with Gasteiger partial charge in [-0.15, -0.1) is 0 Å². The smallest absolute Gasteiger partial charge is 0.405 e. The monoisotopic (exact) mass is 442 g/mol. The number of carbonyl (C=O) groups excluding carboxylic acids is 2. The fourth-order valence-corrected chi connectivity index (χ4v) is 3.62. The number of rotatable bonds is 8. The van der Waals surface area contributed by atoms with Crippen molar-refractivity contribution in [3.8, 4) is 17.0 Å². The summed E-state index contributed by atoms with van der Waals surface area (Å²) in [5, 5.41) is 14.1. The van der Waals surface area contributed by atoms with Crippen molar-refractivity contribution < 1.29 is 29.0 Å². The number of nitrogens with two attached hydrogens (primary N) is 1. The van der Waals surface area contributed by atoms with E-state index in [1.54, 1.807) is 13.3 Å². The number of amides is 3. The van der Waals surface area contributed by atoms with Crippen molar-refractivity contribution in [3.05, 3.63) is 48.2 Å². The molecule has 0 radical (unpaired) electrons. The summed E-state index contributed by atoms with van der Waals surface area (Å²) in [7, 11) is 1.55. The summed E-state index contributed by atoms with van der Waals surface area (Å²) < 4.78 is 10.4. The Kier molecular flexibility index (Phi) is 7.26. The van der Waals surface area contributed by atoms with E-state index < -0.39 is 29.5 Å². The number of carbonyl (C=O) groups is 3. The van der Waals surface area contributed by atoms with Gasteiger partial charge in [0.2, 0.25) is 17.7 Å². The average molecular weight is 442 g/mol. The van der Waals surface area contributed by atoms with Crippen LogP contribution in [0.2, 0.25) is 0 Å². The van der Waals surface area contributed by atoms with Gasteiger partial charge in [0, 0.05) is 44.7 Å². The van der Waals surface area contributed by atoms with Gasteiger partial charge in [-0.25, -0.2) is 9.78 Å². The van der Waals surface area contributed by atoms with Gasteiger partial charge in [-0.1, -0.05) is 24.3 Å². The third-order valence-corrected chi connectivity index (χ3v) is 5.45. The Morgan fingerprint density at radius 1 is 1.19 bits per heavy atom. The largest absolute Gasteiger partial charge is 0.481 e. The van der Waals surface area contributed by atoms with Gasteiger partial charge in [0.25, 0.3) is 0 Å². The van der Waals surface area contributed by atoms with Crippen molar-refractivity contribution in [2.24, 2.45) is 5.73 Å². The fourth-order valence-electron chi connectivity index (χ4n) is 3.62. The highest BCUT2D eigenvalue weighted by atomic mass is 16.5. The molecule has 1 aromatic carbocycles. The van der Waals surface area contributed by atoms with E-state index in [1.807, 2.05) is 36.4 Å². The van der Waals surface area contributed by atoms with E-state index in [-0.39, 0.29) is 32.5 Å². The van der Waals surface area contributed by atoms with Crippen LogP contribution in [-0.4, -0.2) is 59.9 Å². The van der Waals surface area contributed by atoms with E-state index in [9.17, 15) is 19.5 Å². The molecule has 1 aliphatic heterocycles. The van der Waals surface area contributed by atoms with Crippen molar-refractivity contribution in [1.82, 2.24) is 15.6 Å².